The molecule has 1 N–H and O–H groups in total. The van der Waals surface area contributed by atoms with E-state index in [2.05, 4.69) is 23.5 Å². The molecule has 4 rings (SSSR count). The van der Waals surface area contributed by atoms with Crippen LogP contribution >= 0.6 is 0 Å². The van der Waals surface area contributed by atoms with Crippen molar-refractivity contribution in [3.8, 4) is 0 Å². The Hall–Kier alpha value is -1.56. The van der Waals surface area contributed by atoms with Gasteiger partial charge in [0.25, 0.3) is 0 Å². The number of nitrogens with zero attached hydrogens (tertiary/aromatic N) is 1. The molecule has 0 amide bonds. The summed E-state index contributed by atoms with van der Waals surface area (Å²) < 4.78 is 29.1. The van der Waals surface area contributed by atoms with Gasteiger partial charge in [0.05, 0.1) is 22.5 Å². The number of carbonyl (C=O) groups excluding carboxylic acids is 1. The highest BCUT2D eigenvalue weighted by Crippen LogP contribution is 2.64. The summed E-state index contributed by atoms with van der Waals surface area (Å²) in [7, 11) is -3.62. The van der Waals surface area contributed by atoms with Gasteiger partial charge in [-0.25, -0.2) is 8.42 Å². The highest BCUT2D eigenvalue weighted by Gasteiger charge is 2.65. The SMILES string of the molecule is CC1(C)C2CCC1(CS(=O)(=O)Nc1ccccc1N1CCCCC1)C(=O)C2. The molecule has 2 saturated carbocycles. The van der Waals surface area contributed by atoms with Crippen molar-refractivity contribution in [3.05, 3.63) is 24.3 Å². The zero-order chi connectivity index (χ0) is 19.3. The molecule has 2 atom stereocenters. The van der Waals surface area contributed by atoms with E-state index in [1.165, 1.54) is 6.42 Å². The molecule has 5 nitrogen and oxygen atoms in total. The number of fused-ring (bicyclic) bond motifs is 2. The van der Waals surface area contributed by atoms with Gasteiger partial charge in [0, 0.05) is 19.5 Å². The van der Waals surface area contributed by atoms with Gasteiger partial charge in [-0.1, -0.05) is 26.0 Å². The van der Waals surface area contributed by atoms with Crippen molar-refractivity contribution in [1.82, 2.24) is 0 Å². The van der Waals surface area contributed by atoms with Crippen LogP contribution in [0.4, 0.5) is 11.4 Å². The fourth-order valence-electron chi connectivity index (χ4n) is 5.61. The Morgan fingerprint density at radius 2 is 1.85 bits per heavy atom. The first-order valence-corrected chi connectivity index (χ1v) is 11.8. The van der Waals surface area contributed by atoms with Crippen LogP contribution in [-0.2, 0) is 14.8 Å². The van der Waals surface area contributed by atoms with Crippen LogP contribution in [0.15, 0.2) is 24.3 Å². The number of anilines is 2. The van der Waals surface area contributed by atoms with Crippen molar-refractivity contribution in [2.24, 2.45) is 16.7 Å². The molecule has 2 unspecified atom stereocenters. The molecule has 1 aromatic carbocycles. The molecule has 2 aliphatic carbocycles. The largest absolute Gasteiger partial charge is 0.370 e. The quantitative estimate of drug-likeness (QED) is 0.830. The van der Waals surface area contributed by atoms with Gasteiger partial charge >= 0.3 is 0 Å². The summed E-state index contributed by atoms with van der Waals surface area (Å²) in [6.45, 7) is 6.06. The Morgan fingerprint density at radius 3 is 2.48 bits per heavy atom. The zero-order valence-corrected chi connectivity index (χ0v) is 17.1. The maximum Gasteiger partial charge on any atom is 0.233 e. The third-order valence-electron chi connectivity index (χ3n) is 7.44. The summed E-state index contributed by atoms with van der Waals surface area (Å²) in [5.74, 6) is 0.357. The van der Waals surface area contributed by atoms with Gasteiger partial charge < -0.3 is 4.90 Å². The fraction of sp³-hybridized carbons (Fsp3) is 0.667. The molecule has 0 spiro atoms. The van der Waals surface area contributed by atoms with E-state index in [0.717, 1.165) is 38.0 Å². The van der Waals surface area contributed by atoms with E-state index < -0.39 is 15.4 Å². The Balaban J connectivity index is 1.59. The van der Waals surface area contributed by atoms with E-state index in [-0.39, 0.29) is 17.0 Å². The van der Waals surface area contributed by atoms with Crippen LogP contribution < -0.4 is 9.62 Å². The highest BCUT2D eigenvalue weighted by molar-refractivity contribution is 7.92. The van der Waals surface area contributed by atoms with E-state index in [9.17, 15) is 13.2 Å². The van der Waals surface area contributed by atoms with Gasteiger partial charge in [-0.2, -0.15) is 0 Å². The summed E-state index contributed by atoms with van der Waals surface area (Å²) in [6.07, 6.45) is 5.68. The number of nitrogens with one attached hydrogen (secondary N) is 1. The summed E-state index contributed by atoms with van der Waals surface area (Å²) in [5, 5.41) is 0. The molecule has 1 aromatic rings. The first-order chi connectivity index (χ1) is 12.8. The van der Waals surface area contributed by atoms with E-state index in [0.29, 0.717) is 24.4 Å². The molecule has 1 aliphatic heterocycles. The molecular formula is C21H30N2O3S. The van der Waals surface area contributed by atoms with Crippen molar-refractivity contribution < 1.29 is 13.2 Å². The summed E-state index contributed by atoms with van der Waals surface area (Å²) >= 11 is 0. The summed E-state index contributed by atoms with van der Waals surface area (Å²) in [6, 6.07) is 7.63. The standard InChI is InChI=1S/C21H30N2O3S/c1-20(2)16-10-11-21(20,19(24)14-16)15-27(25,26)22-17-8-4-5-9-18(17)23-12-6-3-7-13-23/h4-5,8-9,16,22H,3,6-7,10-15H2,1-2H3. The lowest BCUT2D eigenvalue weighted by Gasteiger charge is -2.36. The second-order valence-corrected chi connectivity index (χ2v) is 10.8. The maximum absolute atomic E-state index is 13.1. The molecule has 3 fully saturated rings. The van der Waals surface area contributed by atoms with E-state index in [4.69, 9.17) is 0 Å². The summed E-state index contributed by atoms with van der Waals surface area (Å²) in [4.78, 5) is 15.0. The fourth-order valence-corrected chi connectivity index (χ4v) is 7.51. The average molecular weight is 391 g/mol. The Bertz CT molecular complexity index is 843. The third-order valence-corrected chi connectivity index (χ3v) is 8.85. The van der Waals surface area contributed by atoms with Crippen molar-refractivity contribution >= 4 is 27.2 Å². The second kappa shape index (κ2) is 6.50. The maximum atomic E-state index is 13.1. The minimum absolute atomic E-state index is 0.101. The topological polar surface area (TPSA) is 66.5 Å². The van der Waals surface area contributed by atoms with E-state index in [1.54, 1.807) is 0 Å². The molecule has 6 heteroatoms. The predicted molar refractivity (Wildman–Crippen MR) is 108 cm³/mol. The molecule has 0 radical (unpaired) electrons. The van der Waals surface area contributed by atoms with Crippen LogP contribution in [0.3, 0.4) is 0 Å². The van der Waals surface area contributed by atoms with Gasteiger partial charge in [-0.3, -0.25) is 9.52 Å². The van der Waals surface area contributed by atoms with Gasteiger partial charge in [0.1, 0.15) is 5.78 Å². The Labute approximate surface area is 162 Å². The lowest BCUT2D eigenvalue weighted by Crippen LogP contribution is -2.43. The van der Waals surface area contributed by atoms with Gasteiger partial charge in [-0.05, 0) is 55.6 Å². The second-order valence-electron chi connectivity index (χ2n) is 9.09. The first-order valence-electron chi connectivity index (χ1n) is 10.1. The minimum atomic E-state index is -3.62. The number of ketones is 1. The van der Waals surface area contributed by atoms with E-state index in [1.807, 2.05) is 24.3 Å². The smallest absolute Gasteiger partial charge is 0.233 e. The van der Waals surface area contributed by atoms with E-state index >= 15 is 0 Å². The number of benzene rings is 1. The number of piperidine rings is 1. The van der Waals surface area contributed by atoms with Crippen molar-refractivity contribution in [2.45, 2.75) is 52.4 Å². The van der Waals surface area contributed by atoms with Gasteiger partial charge in [0.15, 0.2) is 0 Å². The zero-order valence-electron chi connectivity index (χ0n) is 16.3. The lowest BCUT2D eigenvalue weighted by atomic mass is 9.70. The number of para-hydroxylation sites is 2. The van der Waals surface area contributed by atoms with Crippen molar-refractivity contribution in [3.63, 3.8) is 0 Å². The van der Waals surface area contributed by atoms with Crippen LogP contribution in [0.5, 0.6) is 0 Å². The Kier molecular flexibility index (Phi) is 4.53. The van der Waals surface area contributed by atoms with Gasteiger partial charge in [0.2, 0.25) is 10.0 Å². The molecule has 27 heavy (non-hydrogen) atoms. The molecule has 2 bridgehead atoms. The molecule has 1 saturated heterocycles. The summed E-state index contributed by atoms with van der Waals surface area (Å²) in [5.41, 5.74) is 0.600. The number of Topliss-reactive ketones (excluding diaryl/α,β-unsaturated/α-hetero) is 1. The van der Waals surface area contributed by atoms with Crippen LogP contribution in [-0.4, -0.2) is 33.0 Å². The normalized spacial score (nSPS) is 29.9. The molecule has 3 aliphatic rings. The van der Waals surface area contributed by atoms with Crippen LogP contribution in [0.25, 0.3) is 0 Å². The third kappa shape index (κ3) is 3.06. The highest BCUT2D eigenvalue weighted by atomic mass is 32.2. The van der Waals surface area contributed by atoms with Crippen LogP contribution in [0, 0.1) is 16.7 Å². The van der Waals surface area contributed by atoms with Crippen molar-refractivity contribution in [1.29, 1.82) is 0 Å². The number of hydrogen-bond acceptors (Lipinski definition) is 4. The van der Waals surface area contributed by atoms with Crippen molar-refractivity contribution in [2.75, 3.05) is 28.5 Å². The van der Waals surface area contributed by atoms with Crippen LogP contribution in [0.2, 0.25) is 0 Å². The lowest BCUT2D eigenvalue weighted by molar-refractivity contribution is -0.128. The molecule has 1 heterocycles. The number of hydrogen-bond donors (Lipinski definition) is 1. The van der Waals surface area contributed by atoms with Crippen LogP contribution in [0.1, 0.15) is 52.4 Å². The Morgan fingerprint density at radius 1 is 1.15 bits per heavy atom. The number of rotatable bonds is 5. The predicted octanol–water partition coefficient (Wildman–Crippen LogP) is 3.81. The number of carbonyl (C=O) groups is 1. The molecule has 148 valence electrons. The minimum Gasteiger partial charge on any atom is -0.370 e. The molecular weight excluding hydrogens is 360 g/mol. The van der Waals surface area contributed by atoms with Gasteiger partial charge in [-0.15, -0.1) is 0 Å². The molecule has 0 aromatic heterocycles. The number of sulfonamides is 1. The monoisotopic (exact) mass is 390 g/mol. The average Bonchev–Trinajstić information content (AvgIpc) is 2.96. The first kappa shape index (κ1) is 18.8.